The predicted octanol–water partition coefficient (Wildman–Crippen LogP) is 5.63. The van der Waals surface area contributed by atoms with Crippen molar-refractivity contribution >= 4 is 45.3 Å². The molecule has 0 radical (unpaired) electrons. The molecule has 10 nitrogen and oxygen atoms in total. The number of thiazole rings is 1. The van der Waals surface area contributed by atoms with E-state index in [2.05, 4.69) is 20.9 Å². The number of allylic oxidation sites excluding steroid dienone is 1. The van der Waals surface area contributed by atoms with Crippen LogP contribution in [0.4, 0.5) is 0 Å². The minimum absolute atomic E-state index is 0.138. The van der Waals surface area contributed by atoms with Crippen LogP contribution in [0.2, 0.25) is 0 Å². The second kappa shape index (κ2) is 14.4. The molecule has 0 amide bonds. The van der Waals surface area contributed by atoms with E-state index in [4.69, 9.17) is 24.1 Å². The molecule has 1 aliphatic heterocycles. The van der Waals surface area contributed by atoms with Crippen molar-refractivity contribution in [2.75, 3.05) is 13.7 Å². The van der Waals surface area contributed by atoms with Crippen molar-refractivity contribution in [3.63, 3.8) is 0 Å². The fourth-order valence-corrected chi connectivity index (χ4v) is 6.79. The van der Waals surface area contributed by atoms with E-state index in [0.29, 0.717) is 47.9 Å². The van der Waals surface area contributed by atoms with E-state index >= 15 is 0 Å². The summed E-state index contributed by atoms with van der Waals surface area (Å²) in [5, 5.41) is 9.15. The predicted molar refractivity (Wildman–Crippen MR) is 181 cm³/mol. The summed E-state index contributed by atoms with van der Waals surface area (Å²) in [7, 11) is 1.52. The lowest BCUT2D eigenvalue weighted by Gasteiger charge is -2.26. The molecule has 0 aliphatic carbocycles. The Morgan fingerprint density at radius 2 is 1.83 bits per heavy atom. The highest BCUT2D eigenvalue weighted by Gasteiger charge is 2.35. The zero-order valence-electron chi connectivity index (χ0n) is 26.4. The van der Waals surface area contributed by atoms with Crippen molar-refractivity contribution in [3.05, 3.63) is 118 Å². The van der Waals surface area contributed by atoms with Crippen molar-refractivity contribution in [1.82, 2.24) is 4.57 Å². The number of halogens is 1. The summed E-state index contributed by atoms with van der Waals surface area (Å²) in [6.45, 7) is 7.65. The van der Waals surface area contributed by atoms with Crippen LogP contribution < -0.4 is 29.1 Å². The number of para-hydroxylation sites is 1. The number of carbonyl (C=O) groups excluding carboxylic acids is 1. The second-order valence-electron chi connectivity index (χ2n) is 10.8. The second-order valence-corrected chi connectivity index (χ2v) is 12.7. The van der Waals surface area contributed by atoms with Gasteiger partial charge in [0, 0.05) is 5.56 Å². The number of carboxylic acids is 1. The van der Waals surface area contributed by atoms with Crippen LogP contribution in [-0.4, -0.2) is 41.4 Å². The number of aromatic nitrogens is 1. The van der Waals surface area contributed by atoms with Crippen LogP contribution in [0, 0.1) is 0 Å². The summed E-state index contributed by atoms with van der Waals surface area (Å²) in [4.78, 5) is 43.7. The van der Waals surface area contributed by atoms with E-state index in [1.807, 2.05) is 44.2 Å². The van der Waals surface area contributed by atoms with Gasteiger partial charge >= 0.3 is 11.9 Å². The van der Waals surface area contributed by atoms with Crippen LogP contribution >= 0.6 is 27.3 Å². The maximum atomic E-state index is 14.2. The molecule has 2 heterocycles. The molecule has 1 aromatic heterocycles. The molecular weight excluding hydrogens is 688 g/mol. The van der Waals surface area contributed by atoms with E-state index in [1.165, 1.54) is 35.1 Å². The average Bonchev–Trinajstić information content (AvgIpc) is 3.33. The minimum Gasteiger partial charge on any atom is -0.493 e. The number of fused-ring (bicyclic) bond motifs is 1. The number of carbonyl (C=O) groups is 2. The van der Waals surface area contributed by atoms with Gasteiger partial charge in [-0.05, 0) is 91.2 Å². The first kappa shape index (κ1) is 33.7. The van der Waals surface area contributed by atoms with Crippen molar-refractivity contribution in [2.45, 2.75) is 46.4 Å². The highest BCUT2D eigenvalue weighted by molar-refractivity contribution is 9.10. The average molecular weight is 722 g/mol. The molecule has 5 rings (SSSR count). The number of hydrogen-bond acceptors (Lipinski definition) is 9. The molecule has 1 aliphatic rings. The van der Waals surface area contributed by atoms with Crippen molar-refractivity contribution in [3.8, 4) is 17.2 Å². The number of benzene rings is 3. The number of methoxy groups -OCH3 is 1. The molecule has 4 aromatic rings. The number of rotatable bonds is 11. The largest absolute Gasteiger partial charge is 0.493 e. The molecular formula is C35H33BrN2O8S. The molecule has 244 valence electrons. The number of carboxylic acid groups (broad SMARTS) is 1. The maximum Gasteiger partial charge on any atom is 0.338 e. The highest BCUT2D eigenvalue weighted by Crippen LogP contribution is 2.38. The molecule has 0 fully saturated rings. The van der Waals surface area contributed by atoms with Crippen LogP contribution in [0.3, 0.4) is 0 Å². The molecule has 0 bridgehead atoms. The minimum atomic E-state index is -1.00. The van der Waals surface area contributed by atoms with Crippen molar-refractivity contribution in [1.29, 1.82) is 0 Å². The lowest BCUT2D eigenvalue weighted by Crippen LogP contribution is -2.40. The molecule has 3 aromatic carbocycles. The fraction of sp³-hybridized carbons (Fsp3) is 0.257. The Morgan fingerprint density at radius 3 is 2.49 bits per heavy atom. The lowest BCUT2D eigenvalue weighted by molar-refractivity contribution is -0.139. The van der Waals surface area contributed by atoms with Gasteiger partial charge in [-0.3, -0.25) is 9.36 Å². The summed E-state index contributed by atoms with van der Waals surface area (Å²) in [5.41, 5.74) is 2.69. The smallest absolute Gasteiger partial charge is 0.338 e. The highest BCUT2D eigenvalue weighted by atomic mass is 79.9. The summed E-state index contributed by atoms with van der Waals surface area (Å²) < 4.78 is 25.7. The van der Waals surface area contributed by atoms with Gasteiger partial charge in [0.1, 0.15) is 18.4 Å². The lowest BCUT2D eigenvalue weighted by atomic mass is 9.95. The van der Waals surface area contributed by atoms with Gasteiger partial charge in [-0.25, -0.2) is 14.6 Å². The van der Waals surface area contributed by atoms with E-state index in [9.17, 15) is 14.4 Å². The van der Waals surface area contributed by atoms with Gasteiger partial charge in [0.2, 0.25) is 0 Å². The van der Waals surface area contributed by atoms with Crippen LogP contribution in [0.1, 0.15) is 60.8 Å². The van der Waals surface area contributed by atoms with Crippen LogP contribution in [0.5, 0.6) is 17.2 Å². The van der Waals surface area contributed by atoms with E-state index in [0.717, 1.165) is 5.56 Å². The maximum absolute atomic E-state index is 14.2. The third kappa shape index (κ3) is 7.18. The Kier molecular flexibility index (Phi) is 10.3. The number of ether oxygens (including phenoxy) is 4. The standard InChI is InChI=1S/C35H33BrN2O8S/c1-6-44-34(42)29-20(4)37-35-38(30(29)24-9-7-8-10-26(24)46-19(2)3)32(39)28(47-35)17-22-15-25(36)31(27(16-22)43-5)45-18-21-11-13-23(14-12-21)33(40)41/h7-17,19,30H,6,18H2,1-5H3,(H,40,41)/b28-17+/t30-/m0/s1. The Hall–Kier alpha value is -4.68. The van der Waals surface area contributed by atoms with E-state index in [1.54, 1.807) is 38.1 Å². The Bertz CT molecular complexity index is 2050. The Balaban J connectivity index is 1.57. The fourth-order valence-electron chi connectivity index (χ4n) is 5.17. The van der Waals surface area contributed by atoms with Gasteiger partial charge in [0.25, 0.3) is 5.56 Å². The number of hydrogen-bond donors (Lipinski definition) is 1. The van der Waals surface area contributed by atoms with Gasteiger partial charge in [0.05, 0.1) is 45.7 Å². The first-order chi connectivity index (χ1) is 22.5. The zero-order valence-corrected chi connectivity index (χ0v) is 28.8. The molecule has 1 atom stereocenters. The monoisotopic (exact) mass is 720 g/mol. The Morgan fingerprint density at radius 1 is 1.11 bits per heavy atom. The summed E-state index contributed by atoms with van der Waals surface area (Å²) in [6, 6.07) is 16.5. The first-order valence-electron chi connectivity index (χ1n) is 14.8. The van der Waals surface area contributed by atoms with Gasteiger partial charge < -0.3 is 24.1 Å². The quantitative estimate of drug-likeness (QED) is 0.198. The third-order valence-electron chi connectivity index (χ3n) is 7.23. The van der Waals surface area contributed by atoms with E-state index in [-0.39, 0.29) is 36.0 Å². The van der Waals surface area contributed by atoms with Crippen molar-refractivity contribution < 1.29 is 33.6 Å². The molecule has 1 N–H and O–H groups in total. The topological polar surface area (TPSA) is 126 Å². The van der Waals surface area contributed by atoms with Gasteiger partial charge in [0.15, 0.2) is 16.3 Å². The zero-order chi connectivity index (χ0) is 33.8. The number of esters is 1. The molecule has 47 heavy (non-hydrogen) atoms. The van der Waals surface area contributed by atoms with Gasteiger partial charge in [-0.2, -0.15) is 0 Å². The van der Waals surface area contributed by atoms with E-state index < -0.39 is 18.0 Å². The normalized spacial score (nSPS) is 14.4. The molecule has 0 spiro atoms. The van der Waals surface area contributed by atoms with Crippen LogP contribution in [0.25, 0.3) is 6.08 Å². The first-order valence-corrected chi connectivity index (χ1v) is 16.4. The van der Waals surface area contributed by atoms with Crippen LogP contribution in [0.15, 0.2) is 86.2 Å². The number of aromatic carboxylic acids is 1. The van der Waals surface area contributed by atoms with Crippen LogP contribution in [-0.2, 0) is 16.1 Å². The summed E-state index contributed by atoms with van der Waals surface area (Å²) in [6.07, 6.45) is 1.60. The summed E-state index contributed by atoms with van der Waals surface area (Å²) in [5.74, 6) is -0.112. The Labute approximate surface area is 283 Å². The molecule has 12 heteroatoms. The molecule has 0 saturated heterocycles. The SMILES string of the molecule is CCOC(=O)C1=C(C)N=c2s/c(=C/c3cc(Br)c(OCc4ccc(C(=O)O)cc4)c(OC)c3)c(=O)n2[C@H]1c1ccccc1OC(C)C. The van der Waals surface area contributed by atoms with Gasteiger partial charge in [-0.15, -0.1) is 0 Å². The molecule has 0 saturated carbocycles. The third-order valence-corrected chi connectivity index (χ3v) is 8.80. The number of nitrogens with zero attached hydrogens (tertiary/aromatic N) is 2. The molecule has 0 unspecified atom stereocenters. The van der Waals surface area contributed by atoms with Gasteiger partial charge in [-0.1, -0.05) is 41.7 Å². The van der Waals surface area contributed by atoms with Crippen molar-refractivity contribution in [2.24, 2.45) is 4.99 Å². The summed E-state index contributed by atoms with van der Waals surface area (Å²) >= 11 is 4.78.